The highest BCUT2D eigenvalue weighted by Crippen LogP contribution is 2.33. The van der Waals surface area contributed by atoms with Crippen LogP contribution in [0.2, 0.25) is 0 Å². The molecule has 1 heterocycles. The van der Waals surface area contributed by atoms with Crippen LogP contribution in [0.25, 0.3) is 11.0 Å². The van der Waals surface area contributed by atoms with Crippen molar-refractivity contribution in [2.45, 2.75) is 6.92 Å². The Morgan fingerprint density at radius 2 is 1.94 bits per heavy atom. The second-order valence-corrected chi connectivity index (χ2v) is 3.41. The van der Waals surface area contributed by atoms with Gasteiger partial charge in [0.15, 0.2) is 22.9 Å². The first-order chi connectivity index (χ1) is 7.65. The molecule has 0 aliphatic rings. The number of carbonyl (C=O) groups is 1. The Labute approximate surface area is 92.8 Å². The normalized spacial score (nSPS) is 10.4. The number of benzene rings is 1. The molecule has 2 aromatic rings. The summed E-state index contributed by atoms with van der Waals surface area (Å²) in [5.41, 5.74) is 0.563. The maximum Gasteiger partial charge on any atom is 0.194 e. The third kappa shape index (κ3) is 1.62. The minimum atomic E-state index is -0.114. The molecule has 0 amide bonds. The molecule has 4 heteroatoms. The van der Waals surface area contributed by atoms with Crippen LogP contribution in [-0.4, -0.2) is 20.0 Å². The molecule has 0 N–H and O–H groups in total. The molecule has 0 bridgehead atoms. The van der Waals surface area contributed by atoms with Crippen LogP contribution in [-0.2, 0) is 0 Å². The van der Waals surface area contributed by atoms with Crippen molar-refractivity contribution >= 4 is 16.8 Å². The Hall–Kier alpha value is -1.97. The summed E-state index contributed by atoms with van der Waals surface area (Å²) in [6.45, 7) is 1.46. The van der Waals surface area contributed by atoms with Gasteiger partial charge in [-0.2, -0.15) is 0 Å². The third-order valence-corrected chi connectivity index (χ3v) is 2.36. The highest BCUT2D eigenvalue weighted by atomic mass is 16.5. The molecule has 16 heavy (non-hydrogen) atoms. The van der Waals surface area contributed by atoms with Gasteiger partial charge in [0.25, 0.3) is 0 Å². The smallest absolute Gasteiger partial charge is 0.194 e. The first kappa shape index (κ1) is 10.5. The maximum absolute atomic E-state index is 11.2. The maximum atomic E-state index is 11.2. The number of ether oxygens (including phenoxy) is 2. The fourth-order valence-electron chi connectivity index (χ4n) is 1.54. The molecular weight excluding hydrogens is 208 g/mol. The van der Waals surface area contributed by atoms with Gasteiger partial charge in [-0.1, -0.05) is 0 Å². The Balaban J connectivity index is 2.69. The van der Waals surface area contributed by atoms with Gasteiger partial charge in [-0.3, -0.25) is 4.79 Å². The van der Waals surface area contributed by atoms with Crippen molar-refractivity contribution < 1.29 is 18.7 Å². The second kappa shape index (κ2) is 3.89. The van der Waals surface area contributed by atoms with Gasteiger partial charge in [0.05, 0.1) is 14.2 Å². The number of ketones is 1. The molecule has 1 aromatic heterocycles. The van der Waals surface area contributed by atoms with Gasteiger partial charge in [-0.05, 0) is 12.1 Å². The highest BCUT2D eigenvalue weighted by Gasteiger charge is 2.13. The number of hydrogen-bond acceptors (Lipinski definition) is 4. The molecule has 0 radical (unpaired) electrons. The van der Waals surface area contributed by atoms with Crippen LogP contribution < -0.4 is 9.47 Å². The van der Waals surface area contributed by atoms with Crippen molar-refractivity contribution in [2.75, 3.05) is 14.2 Å². The summed E-state index contributed by atoms with van der Waals surface area (Å²) in [5, 5.41) is 0.793. The lowest BCUT2D eigenvalue weighted by Gasteiger charge is -2.03. The first-order valence-electron chi connectivity index (χ1n) is 4.82. The summed E-state index contributed by atoms with van der Waals surface area (Å²) in [7, 11) is 3.12. The van der Waals surface area contributed by atoms with Gasteiger partial charge in [0, 0.05) is 18.4 Å². The molecule has 84 valence electrons. The molecule has 0 fully saturated rings. The van der Waals surface area contributed by atoms with E-state index in [1.54, 1.807) is 32.4 Å². The van der Waals surface area contributed by atoms with E-state index >= 15 is 0 Å². The van der Waals surface area contributed by atoms with Crippen LogP contribution in [0.4, 0.5) is 0 Å². The monoisotopic (exact) mass is 220 g/mol. The number of Topliss-reactive ketones (excluding diaryl/α,β-unsaturated/α-hetero) is 1. The predicted octanol–water partition coefficient (Wildman–Crippen LogP) is 2.65. The molecule has 1 aromatic carbocycles. The summed E-state index contributed by atoms with van der Waals surface area (Å²) in [5.74, 6) is 1.43. The predicted molar refractivity (Wildman–Crippen MR) is 59.3 cm³/mol. The fraction of sp³-hybridized carbons (Fsp3) is 0.250. The number of methoxy groups -OCH3 is 2. The molecule has 0 spiro atoms. The van der Waals surface area contributed by atoms with Gasteiger partial charge in [-0.15, -0.1) is 0 Å². The molecule has 0 saturated heterocycles. The van der Waals surface area contributed by atoms with E-state index in [0.29, 0.717) is 22.8 Å². The summed E-state index contributed by atoms with van der Waals surface area (Å²) in [4.78, 5) is 11.2. The lowest BCUT2D eigenvalue weighted by atomic mass is 10.2. The molecular formula is C12H12O4. The van der Waals surface area contributed by atoms with E-state index in [9.17, 15) is 4.79 Å². The number of carbonyl (C=O) groups excluding carboxylic acids is 1. The Morgan fingerprint density at radius 3 is 2.50 bits per heavy atom. The van der Waals surface area contributed by atoms with Crippen LogP contribution in [0.1, 0.15) is 17.5 Å². The van der Waals surface area contributed by atoms with Crippen molar-refractivity contribution in [1.82, 2.24) is 0 Å². The average Bonchev–Trinajstić information content (AvgIpc) is 2.71. The number of fused-ring (bicyclic) bond motifs is 1. The summed E-state index contributed by atoms with van der Waals surface area (Å²) in [6.07, 6.45) is 0. The average molecular weight is 220 g/mol. The van der Waals surface area contributed by atoms with E-state index in [-0.39, 0.29) is 5.78 Å². The van der Waals surface area contributed by atoms with E-state index < -0.39 is 0 Å². The SMILES string of the molecule is COc1cc(OC)c2oc(C(C)=O)cc2c1. The highest BCUT2D eigenvalue weighted by molar-refractivity contribution is 5.97. The number of rotatable bonds is 3. The number of hydrogen-bond donors (Lipinski definition) is 0. The van der Waals surface area contributed by atoms with Crippen LogP contribution >= 0.6 is 0 Å². The zero-order chi connectivity index (χ0) is 11.7. The summed E-state index contributed by atoms with van der Waals surface area (Å²) in [6, 6.07) is 5.20. The molecule has 0 atom stereocenters. The summed E-state index contributed by atoms with van der Waals surface area (Å²) < 4.78 is 15.7. The summed E-state index contributed by atoms with van der Waals surface area (Å²) >= 11 is 0. The lowest BCUT2D eigenvalue weighted by molar-refractivity contribution is 0.0989. The largest absolute Gasteiger partial charge is 0.497 e. The minimum absolute atomic E-state index is 0.114. The van der Waals surface area contributed by atoms with Crippen LogP contribution in [0.5, 0.6) is 11.5 Å². The zero-order valence-electron chi connectivity index (χ0n) is 9.37. The van der Waals surface area contributed by atoms with Gasteiger partial charge >= 0.3 is 0 Å². The Kier molecular flexibility index (Phi) is 2.56. The molecule has 0 saturated carbocycles. The van der Waals surface area contributed by atoms with Crippen molar-refractivity contribution in [3.63, 3.8) is 0 Å². The van der Waals surface area contributed by atoms with Crippen molar-refractivity contribution in [1.29, 1.82) is 0 Å². The molecule has 4 nitrogen and oxygen atoms in total. The van der Waals surface area contributed by atoms with E-state index in [2.05, 4.69) is 0 Å². The quantitative estimate of drug-likeness (QED) is 0.746. The van der Waals surface area contributed by atoms with Gasteiger partial charge < -0.3 is 13.9 Å². The van der Waals surface area contributed by atoms with Crippen molar-refractivity contribution in [2.24, 2.45) is 0 Å². The van der Waals surface area contributed by atoms with E-state index in [1.807, 2.05) is 0 Å². The van der Waals surface area contributed by atoms with Gasteiger partial charge in [0.1, 0.15) is 5.75 Å². The van der Waals surface area contributed by atoms with Crippen molar-refractivity contribution in [3.05, 3.63) is 24.0 Å². The minimum Gasteiger partial charge on any atom is -0.497 e. The zero-order valence-corrected chi connectivity index (χ0v) is 9.37. The van der Waals surface area contributed by atoms with Gasteiger partial charge in [0.2, 0.25) is 0 Å². The van der Waals surface area contributed by atoms with Crippen LogP contribution in [0.3, 0.4) is 0 Å². The van der Waals surface area contributed by atoms with E-state index in [1.165, 1.54) is 6.92 Å². The molecule has 0 aliphatic heterocycles. The second-order valence-electron chi connectivity index (χ2n) is 3.41. The standard InChI is InChI=1S/C12H12O4/c1-7(13)10-5-8-4-9(14-2)6-11(15-3)12(8)16-10/h4-6H,1-3H3. The molecule has 0 aliphatic carbocycles. The third-order valence-electron chi connectivity index (χ3n) is 2.36. The Morgan fingerprint density at radius 1 is 1.19 bits per heavy atom. The molecule has 2 rings (SSSR count). The van der Waals surface area contributed by atoms with Crippen LogP contribution in [0.15, 0.2) is 22.6 Å². The van der Waals surface area contributed by atoms with Crippen molar-refractivity contribution in [3.8, 4) is 11.5 Å². The van der Waals surface area contributed by atoms with E-state index in [0.717, 1.165) is 5.39 Å². The number of furan rings is 1. The Bertz CT molecular complexity index is 539. The van der Waals surface area contributed by atoms with E-state index in [4.69, 9.17) is 13.9 Å². The van der Waals surface area contributed by atoms with Gasteiger partial charge in [-0.25, -0.2) is 0 Å². The lowest BCUT2D eigenvalue weighted by Crippen LogP contribution is -1.87. The fourth-order valence-corrected chi connectivity index (χ4v) is 1.54. The molecule has 0 unspecified atom stereocenters. The first-order valence-corrected chi connectivity index (χ1v) is 4.82. The van der Waals surface area contributed by atoms with Crippen LogP contribution in [0, 0.1) is 0 Å². The topological polar surface area (TPSA) is 48.7 Å².